The first-order valence-electron chi connectivity index (χ1n) is 7.52. The van der Waals surface area contributed by atoms with Crippen molar-refractivity contribution < 1.29 is 123 Å². The molecule has 0 aromatic rings. The number of ether oxygens (including phenoxy) is 2. The van der Waals surface area contributed by atoms with Crippen LogP contribution in [0.5, 0.6) is 0 Å². The molecule has 0 radical (unpaired) electrons. The van der Waals surface area contributed by atoms with Crippen molar-refractivity contribution in [2.24, 2.45) is 0 Å². The molecule has 0 spiro atoms. The molecule has 0 aromatic carbocycles. The molecule has 0 aromatic heterocycles. The summed E-state index contributed by atoms with van der Waals surface area (Å²) in [5.74, 6) is -33.2. The van der Waals surface area contributed by atoms with Crippen LogP contribution in [0, 0.1) is 0 Å². The molecule has 0 fully saturated rings. The fraction of sp³-hybridized carbons (Fsp3) is 0.833. The zero-order valence-electron chi connectivity index (χ0n) is 16.3. The first kappa shape index (κ1) is 36.0. The Hall–Kier alpha value is -1.13. The second-order valence-corrected chi connectivity index (χ2v) is 7.49. The minimum atomic E-state index is -6.95. The number of rotatable bonds is 12. The van der Waals surface area contributed by atoms with E-state index in [2.05, 4.69) is 9.47 Å². The number of carbonyl (C=O) groups excluding carboxylic acids is 2. The van der Waals surface area contributed by atoms with Crippen molar-refractivity contribution in [1.82, 2.24) is 0 Å². The van der Waals surface area contributed by atoms with Crippen LogP contribution >= 0.6 is 0 Å². The molecule has 0 aliphatic carbocycles. The Balaban J connectivity index is 0. The Kier molecular flexibility index (Phi) is 11.4. The van der Waals surface area contributed by atoms with Gasteiger partial charge in [-0.3, -0.25) is 9.59 Å². The second-order valence-electron chi connectivity index (χ2n) is 5.94. The Morgan fingerprint density at radius 2 is 1.03 bits per heavy atom. The quantitative estimate of drug-likeness (QED) is 0.138. The second kappa shape index (κ2) is 11.1. The molecule has 0 N–H and O–H groups in total. The van der Waals surface area contributed by atoms with E-state index in [4.69, 9.17) is 0 Å². The van der Waals surface area contributed by atoms with Gasteiger partial charge in [-0.1, -0.05) is 0 Å². The van der Waals surface area contributed by atoms with Crippen molar-refractivity contribution in [2.45, 2.75) is 47.6 Å². The van der Waals surface area contributed by atoms with E-state index < -0.39 is 83.0 Å². The fourth-order valence-electron chi connectivity index (χ4n) is 1.55. The molecule has 23 heteroatoms. The third-order valence-electron chi connectivity index (χ3n) is 3.42. The topological polar surface area (TPSA) is 110 Å². The van der Waals surface area contributed by atoms with Crippen molar-refractivity contribution >= 4 is 22.1 Å². The van der Waals surface area contributed by atoms with Gasteiger partial charge < -0.3 is 14.0 Å². The summed E-state index contributed by atoms with van der Waals surface area (Å²) < 4.78 is 217. The molecule has 1 unspecified atom stereocenters. The Morgan fingerprint density at radius 3 is 1.31 bits per heavy atom. The van der Waals surface area contributed by atoms with E-state index >= 15 is 0 Å². The predicted molar refractivity (Wildman–Crippen MR) is 71.9 cm³/mol. The van der Waals surface area contributed by atoms with Crippen LogP contribution < -0.4 is 29.6 Å². The standard InChI is InChI=1S/C12H8F14O7S.Na/c13-2-7(15,16)9(19,20)11(23,24)32-5(27)1-4(34(29,30)31)6(28)33-12(25,26)10(21,22)8(17,18)3-14;/h4H,1-3H2,(H,29,30,31);/q;+1/p-1. The van der Waals surface area contributed by atoms with Crippen LogP contribution in [0.15, 0.2) is 0 Å². The van der Waals surface area contributed by atoms with Crippen molar-refractivity contribution in [2.75, 3.05) is 13.3 Å². The fourth-order valence-corrected chi connectivity index (χ4v) is 2.18. The van der Waals surface area contributed by atoms with E-state index in [0.29, 0.717) is 0 Å². The van der Waals surface area contributed by atoms with Crippen molar-refractivity contribution in [3.05, 3.63) is 0 Å². The molecule has 0 aliphatic heterocycles. The third kappa shape index (κ3) is 7.44. The Morgan fingerprint density at radius 1 is 0.714 bits per heavy atom. The molecule has 0 amide bonds. The third-order valence-corrected chi connectivity index (χ3v) is 4.48. The predicted octanol–water partition coefficient (Wildman–Crippen LogP) is 0.0465. The van der Waals surface area contributed by atoms with E-state index in [-0.39, 0.29) is 29.6 Å². The zero-order valence-corrected chi connectivity index (χ0v) is 19.1. The molecule has 35 heavy (non-hydrogen) atoms. The van der Waals surface area contributed by atoms with Gasteiger partial charge in [-0.25, -0.2) is 17.2 Å². The normalized spacial score (nSPS) is 15.2. The van der Waals surface area contributed by atoms with E-state index in [0.717, 1.165) is 0 Å². The summed E-state index contributed by atoms with van der Waals surface area (Å²) in [5.41, 5.74) is 0. The van der Waals surface area contributed by atoms with Crippen molar-refractivity contribution in [3.63, 3.8) is 0 Å². The number of hydrogen-bond acceptors (Lipinski definition) is 7. The molecular weight excluding hydrogens is 577 g/mol. The molecule has 0 rings (SSSR count). The maximum Gasteiger partial charge on any atom is 1.00 e. The summed E-state index contributed by atoms with van der Waals surface area (Å²) in [7, 11) is -6.65. The van der Waals surface area contributed by atoms with Crippen LogP contribution in [0.3, 0.4) is 0 Å². The van der Waals surface area contributed by atoms with Gasteiger partial charge in [0, 0.05) is 0 Å². The smallest absolute Gasteiger partial charge is 0.747 e. The van der Waals surface area contributed by atoms with Gasteiger partial charge in [0.25, 0.3) is 0 Å². The van der Waals surface area contributed by atoms with Crippen LogP contribution in [0.1, 0.15) is 6.42 Å². The largest absolute Gasteiger partial charge is 1.00 e. The van der Waals surface area contributed by atoms with Crippen molar-refractivity contribution in [3.8, 4) is 0 Å². The van der Waals surface area contributed by atoms with Gasteiger partial charge in [0.1, 0.15) is 10.1 Å². The summed E-state index contributed by atoms with van der Waals surface area (Å²) >= 11 is 0. The number of halogens is 14. The van der Waals surface area contributed by atoms with Crippen LogP contribution in [-0.2, 0) is 29.2 Å². The van der Waals surface area contributed by atoms with Crippen LogP contribution in [-0.4, -0.2) is 79.4 Å². The maximum absolute atomic E-state index is 13.2. The van der Waals surface area contributed by atoms with Crippen molar-refractivity contribution in [1.29, 1.82) is 0 Å². The number of alkyl halides is 14. The molecule has 7 nitrogen and oxygen atoms in total. The van der Waals surface area contributed by atoms with Gasteiger partial charge in [-0.05, 0) is 0 Å². The summed E-state index contributed by atoms with van der Waals surface area (Å²) in [6.45, 7) is -7.00. The van der Waals surface area contributed by atoms with E-state index in [9.17, 15) is 84.0 Å². The first-order valence-corrected chi connectivity index (χ1v) is 8.99. The van der Waals surface area contributed by atoms with Gasteiger partial charge in [0.05, 0.1) is 6.42 Å². The van der Waals surface area contributed by atoms with E-state index in [1.807, 2.05) is 0 Å². The minimum Gasteiger partial charge on any atom is -0.747 e. The summed E-state index contributed by atoms with van der Waals surface area (Å²) in [6, 6.07) is 0. The van der Waals surface area contributed by atoms with E-state index in [1.165, 1.54) is 0 Å². The minimum absolute atomic E-state index is 0. The molecule has 0 aliphatic rings. The Bertz CT molecular complexity index is 879. The van der Waals surface area contributed by atoms with Crippen LogP contribution in [0.2, 0.25) is 0 Å². The van der Waals surface area contributed by atoms with Gasteiger partial charge in [0.15, 0.2) is 18.6 Å². The van der Waals surface area contributed by atoms with Gasteiger partial charge >= 0.3 is 77.4 Å². The molecule has 0 saturated carbocycles. The molecule has 202 valence electrons. The molecular formula is C12H7F14NaO7S. The molecule has 0 saturated heterocycles. The average Bonchev–Trinajstić information content (AvgIpc) is 2.63. The Labute approximate surface area is 206 Å². The average molecular weight is 584 g/mol. The van der Waals surface area contributed by atoms with E-state index in [1.54, 1.807) is 0 Å². The monoisotopic (exact) mass is 584 g/mol. The number of carbonyl (C=O) groups is 2. The summed E-state index contributed by atoms with van der Waals surface area (Å²) in [5, 5.41) is -4.17. The SMILES string of the molecule is O=C(CC(C(=O)OC(F)(F)C(F)(F)C(F)(F)CF)S(=O)(=O)[O-])OC(F)(F)C(F)(F)C(F)(F)CF.[Na+]. The summed E-state index contributed by atoms with van der Waals surface area (Å²) in [6.07, 6.45) is -16.5. The number of hydrogen-bond donors (Lipinski definition) is 0. The maximum atomic E-state index is 13.2. The first-order chi connectivity index (χ1) is 14.7. The molecule has 0 bridgehead atoms. The van der Waals surface area contributed by atoms with Crippen LogP contribution in [0.4, 0.5) is 61.5 Å². The van der Waals surface area contributed by atoms with Gasteiger partial charge in [-0.2, -0.15) is 52.7 Å². The molecule has 0 heterocycles. The molecule has 1 atom stereocenters. The summed E-state index contributed by atoms with van der Waals surface area (Å²) in [4.78, 5) is 22.5. The van der Waals surface area contributed by atoms with Crippen LogP contribution in [0.25, 0.3) is 0 Å². The number of esters is 2. The van der Waals surface area contributed by atoms with Gasteiger partial charge in [0.2, 0.25) is 0 Å². The van der Waals surface area contributed by atoms with Gasteiger partial charge in [-0.15, -0.1) is 0 Å². The zero-order chi connectivity index (χ0) is 27.8.